The number of aryl methyl sites for hydroxylation is 1. The van der Waals surface area contributed by atoms with Crippen molar-refractivity contribution in [2.24, 2.45) is 7.05 Å². The van der Waals surface area contributed by atoms with Crippen LogP contribution in [0.2, 0.25) is 10.0 Å². The molecule has 1 aliphatic carbocycles. The number of halogens is 2. The molecule has 6 nitrogen and oxygen atoms in total. The number of anilines is 1. The summed E-state index contributed by atoms with van der Waals surface area (Å²) in [7, 11) is 1.97. The molecule has 0 radical (unpaired) electrons. The van der Waals surface area contributed by atoms with Gasteiger partial charge in [-0.1, -0.05) is 30.1 Å². The highest BCUT2D eigenvalue weighted by Gasteiger charge is 2.34. The predicted octanol–water partition coefficient (Wildman–Crippen LogP) is 5.16. The Kier molecular flexibility index (Phi) is 7.32. The van der Waals surface area contributed by atoms with Gasteiger partial charge in [0.05, 0.1) is 16.6 Å². The van der Waals surface area contributed by atoms with E-state index >= 15 is 0 Å². The lowest BCUT2D eigenvalue weighted by molar-refractivity contribution is -0.133. The summed E-state index contributed by atoms with van der Waals surface area (Å²) in [4.78, 5) is 29.7. The third-order valence-corrected chi connectivity index (χ3v) is 6.29. The van der Waals surface area contributed by atoms with Gasteiger partial charge in [0, 0.05) is 36.7 Å². The van der Waals surface area contributed by atoms with Gasteiger partial charge in [-0.25, -0.2) is 4.79 Å². The summed E-state index contributed by atoms with van der Waals surface area (Å²) in [6.45, 7) is 4.52. The van der Waals surface area contributed by atoms with Crippen LogP contribution in [0.1, 0.15) is 38.8 Å². The Labute approximate surface area is 187 Å². The summed E-state index contributed by atoms with van der Waals surface area (Å²) in [5, 5.41) is 3.62. The minimum Gasteiger partial charge on any atom is -0.353 e. The number of carbonyl (C=O) groups is 2. The standard InChI is InChI=1S/C22H28Cl2N4O2/c1-4-15(2)27(22(30)25-16-7-10-19(23)20(24)12-16)14-21(29)28(17-8-9-17)13-18-6-5-11-26(18)3/h5-7,10-12,15,17H,4,8-9,13-14H2,1-3H3,(H,25,30). The summed E-state index contributed by atoms with van der Waals surface area (Å²) >= 11 is 12.0. The van der Waals surface area contributed by atoms with E-state index in [4.69, 9.17) is 23.2 Å². The molecule has 0 aliphatic heterocycles. The molecule has 1 aromatic heterocycles. The molecule has 0 saturated heterocycles. The van der Waals surface area contributed by atoms with Gasteiger partial charge in [-0.2, -0.15) is 0 Å². The van der Waals surface area contributed by atoms with E-state index in [0.29, 0.717) is 22.3 Å². The minimum absolute atomic E-state index is 0.0308. The SMILES string of the molecule is CCC(C)N(CC(=O)N(Cc1cccn1C)C1CC1)C(=O)Nc1ccc(Cl)c(Cl)c1. The van der Waals surface area contributed by atoms with Crippen molar-refractivity contribution in [2.75, 3.05) is 11.9 Å². The number of benzene rings is 1. The number of amides is 3. The Morgan fingerprint density at radius 3 is 2.53 bits per heavy atom. The third kappa shape index (κ3) is 5.49. The van der Waals surface area contributed by atoms with Crippen molar-refractivity contribution in [1.82, 2.24) is 14.4 Å². The monoisotopic (exact) mass is 450 g/mol. The Balaban J connectivity index is 1.72. The number of nitrogens with one attached hydrogen (secondary N) is 1. The molecule has 30 heavy (non-hydrogen) atoms. The van der Waals surface area contributed by atoms with E-state index in [0.717, 1.165) is 25.0 Å². The van der Waals surface area contributed by atoms with Gasteiger partial charge in [-0.3, -0.25) is 4.79 Å². The first kappa shape index (κ1) is 22.5. The van der Waals surface area contributed by atoms with Crippen molar-refractivity contribution in [3.8, 4) is 0 Å². The second-order valence-electron chi connectivity index (χ2n) is 7.81. The van der Waals surface area contributed by atoms with E-state index in [2.05, 4.69) is 5.32 Å². The van der Waals surface area contributed by atoms with Gasteiger partial charge in [-0.15, -0.1) is 0 Å². The number of carbonyl (C=O) groups excluding carboxylic acids is 2. The molecular weight excluding hydrogens is 423 g/mol. The van der Waals surface area contributed by atoms with Crippen LogP contribution in [0.4, 0.5) is 10.5 Å². The van der Waals surface area contributed by atoms with E-state index in [1.807, 2.05) is 48.7 Å². The fourth-order valence-corrected chi connectivity index (χ4v) is 3.59. The molecule has 1 N–H and O–H groups in total. The van der Waals surface area contributed by atoms with Crippen LogP contribution in [0, 0.1) is 0 Å². The number of aromatic nitrogens is 1. The molecule has 8 heteroatoms. The lowest BCUT2D eigenvalue weighted by atomic mass is 10.2. The molecule has 3 amide bonds. The van der Waals surface area contributed by atoms with E-state index in [1.54, 1.807) is 23.1 Å². The summed E-state index contributed by atoms with van der Waals surface area (Å²) < 4.78 is 2.02. The van der Waals surface area contributed by atoms with Gasteiger partial charge in [0.15, 0.2) is 0 Å². The Hall–Kier alpha value is -2.18. The number of rotatable bonds is 8. The topological polar surface area (TPSA) is 57.6 Å². The first-order chi connectivity index (χ1) is 14.3. The van der Waals surface area contributed by atoms with Crippen LogP contribution in [0.3, 0.4) is 0 Å². The molecular formula is C22H28Cl2N4O2. The van der Waals surface area contributed by atoms with Crippen molar-refractivity contribution in [2.45, 2.75) is 51.7 Å². The van der Waals surface area contributed by atoms with Crippen molar-refractivity contribution in [1.29, 1.82) is 0 Å². The molecule has 0 spiro atoms. The van der Waals surface area contributed by atoms with Crippen LogP contribution in [-0.4, -0.2) is 44.9 Å². The molecule has 1 fully saturated rings. The molecule has 1 atom stereocenters. The number of hydrogen-bond donors (Lipinski definition) is 1. The molecule has 1 unspecified atom stereocenters. The van der Waals surface area contributed by atoms with Crippen molar-refractivity contribution >= 4 is 40.8 Å². The summed E-state index contributed by atoms with van der Waals surface area (Å²) in [6, 6.07) is 8.75. The average molecular weight is 451 g/mol. The van der Waals surface area contributed by atoms with Gasteiger partial charge in [-0.05, 0) is 56.5 Å². The fraction of sp³-hybridized carbons (Fsp3) is 0.455. The normalized spacial score (nSPS) is 14.3. The predicted molar refractivity (Wildman–Crippen MR) is 121 cm³/mol. The second-order valence-corrected chi connectivity index (χ2v) is 8.62. The van der Waals surface area contributed by atoms with Gasteiger partial charge >= 0.3 is 6.03 Å². The van der Waals surface area contributed by atoms with Crippen LogP contribution in [0.15, 0.2) is 36.5 Å². The Bertz CT molecular complexity index is 910. The Morgan fingerprint density at radius 1 is 1.23 bits per heavy atom. The number of nitrogens with zero attached hydrogens (tertiary/aromatic N) is 3. The van der Waals surface area contributed by atoms with E-state index in [-0.39, 0.29) is 30.6 Å². The highest BCUT2D eigenvalue weighted by Crippen LogP contribution is 2.29. The molecule has 3 rings (SSSR count). The summed E-state index contributed by atoms with van der Waals surface area (Å²) in [5.41, 5.74) is 1.61. The van der Waals surface area contributed by atoms with Crippen molar-refractivity contribution in [3.63, 3.8) is 0 Å². The van der Waals surface area contributed by atoms with Gasteiger partial charge in [0.25, 0.3) is 0 Å². The van der Waals surface area contributed by atoms with Crippen LogP contribution < -0.4 is 5.32 Å². The Morgan fingerprint density at radius 2 is 1.97 bits per heavy atom. The molecule has 0 bridgehead atoms. The molecule has 1 aliphatic rings. The zero-order chi connectivity index (χ0) is 21.8. The second kappa shape index (κ2) is 9.75. The van der Waals surface area contributed by atoms with E-state index in [1.165, 1.54) is 0 Å². The van der Waals surface area contributed by atoms with Crippen molar-refractivity contribution in [3.05, 3.63) is 52.3 Å². The van der Waals surface area contributed by atoms with Crippen molar-refractivity contribution < 1.29 is 9.59 Å². The zero-order valence-corrected chi connectivity index (χ0v) is 19.1. The lowest BCUT2D eigenvalue weighted by Crippen LogP contribution is -2.48. The van der Waals surface area contributed by atoms with Crippen LogP contribution in [0.25, 0.3) is 0 Å². The molecule has 162 valence electrons. The molecule has 2 aromatic rings. The average Bonchev–Trinajstić information content (AvgIpc) is 3.48. The molecule has 1 heterocycles. The first-order valence-electron chi connectivity index (χ1n) is 10.2. The molecule has 1 saturated carbocycles. The quantitative estimate of drug-likeness (QED) is 0.603. The maximum atomic E-state index is 13.2. The summed E-state index contributed by atoms with van der Waals surface area (Å²) in [6.07, 6.45) is 4.73. The third-order valence-electron chi connectivity index (χ3n) is 5.55. The summed E-state index contributed by atoms with van der Waals surface area (Å²) in [5.74, 6) is -0.0386. The first-order valence-corrected chi connectivity index (χ1v) is 11.0. The lowest BCUT2D eigenvalue weighted by Gasteiger charge is -2.31. The van der Waals surface area contributed by atoms with Gasteiger partial charge < -0.3 is 19.7 Å². The smallest absolute Gasteiger partial charge is 0.322 e. The number of urea groups is 1. The molecule has 1 aromatic carbocycles. The minimum atomic E-state index is -0.328. The number of hydrogen-bond acceptors (Lipinski definition) is 2. The van der Waals surface area contributed by atoms with E-state index in [9.17, 15) is 9.59 Å². The maximum absolute atomic E-state index is 13.2. The van der Waals surface area contributed by atoms with Crippen LogP contribution >= 0.6 is 23.2 Å². The van der Waals surface area contributed by atoms with Gasteiger partial charge in [0.1, 0.15) is 6.54 Å². The van der Waals surface area contributed by atoms with Gasteiger partial charge in [0.2, 0.25) is 5.91 Å². The maximum Gasteiger partial charge on any atom is 0.322 e. The van der Waals surface area contributed by atoms with Crippen LogP contribution in [0.5, 0.6) is 0 Å². The largest absolute Gasteiger partial charge is 0.353 e. The van der Waals surface area contributed by atoms with Crippen LogP contribution in [-0.2, 0) is 18.4 Å². The fourth-order valence-electron chi connectivity index (χ4n) is 3.30. The highest BCUT2D eigenvalue weighted by atomic mass is 35.5. The van der Waals surface area contributed by atoms with E-state index < -0.39 is 0 Å². The zero-order valence-electron chi connectivity index (χ0n) is 17.6. The highest BCUT2D eigenvalue weighted by molar-refractivity contribution is 6.42.